The number of hydrogen-bond acceptors (Lipinski definition) is 3. The summed E-state index contributed by atoms with van der Waals surface area (Å²) >= 11 is 0. The zero-order valence-electron chi connectivity index (χ0n) is 10.8. The SMILES string of the molecule is CCCCC(=O)NCCCCCNC(=O)CN. The molecule has 2 amide bonds. The van der Waals surface area contributed by atoms with E-state index in [4.69, 9.17) is 5.73 Å². The fraction of sp³-hybridized carbons (Fsp3) is 0.833. The Kier molecular flexibility index (Phi) is 10.7. The third-order valence-electron chi connectivity index (χ3n) is 2.44. The lowest BCUT2D eigenvalue weighted by Gasteiger charge is -2.05. The third-order valence-corrected chi connectivity index (χ3v) is 2.44. The van der Waals surface area contributed by atoms with Crippen LogP contribution < -0.4 is 16.4 Å². The molecule has 0 rings (SSSR count). The summed E-state index contributed by atoms with van der Waals surface area (Å²) in [5, 5.41) is 5.59. The highest BCUT2D eigenvalue weighted by molar-refractivity contribution is 5.77. The second-order valence-electron chi connectivity index (χ2n) is 4.07. The average molecular weight is 243 g/mol. The molecule has 0 aromatic rings. The summed E-state index contributed by atoms with van der Waals surface area (Å²) in [6, 6.07) is 0. The van der Waals surface area contributed by atoms with E-state index in [9.17, 15) is 9.59 Å². The first-order valence-corrected chi connectivity index (χ1v) is 6.44. The lowest BCUT2D eigenvalue weighted by Crippen LogP contribution is -2.31. The van der Waals surface area contributed by atoms with Gasteiger partial charge in [-0.2, -0.15) is 0 Å². The first-order valence-electron chi connectivity index (χ1n) is 6.44. The van der Waals surface area contributed by atoms with E-state index in [0.29, 0.717) is 13.0 Å². The molecule has 100 valence electrons. The van der Waals surface area contributed by atoms with Gasteiger partial charge in [0, 0.05) is 19.5 Å². The van der Waals surface area contributed by atoms with Crippen LogP contribution in [0.1, 0.15) is 45.4 Å². The van der Waals surface area contributed by atoms with Gasteiger partial charge < -0.3 is 16.4 Å². The lowest BCUT2D eigenvalue weighted by molar-refractivity contribution is -0.121. The molecule has 5 heteroatoms. The maximum atomic E-state index is 11.2. The Hall–Kier alpha value is -1.10. The van der Waals surface area contributed by atoms with E-state index in [1.54, 1.807) is 0 Å². The van der Waals surface area contributed by atoms with Crippen LogP contribution in [-0.2, 0) is 9.59 Å². The fourth-order valence-corrected chi connectivity index (χ4v) is 1.38. The number of nitrogens with two attached hydrogens (primary N) is 1. The predicted molar refractivity (Wildman–Crippen MR) is 68.4 cm³/mol. The van der Waals surface area contributed by atoms with Crippen LogP contribution in [0.2, 0.25) is 0 Å². The summed E-state index contributed by atoms with van der Waals surface area (Å²) in [7, 11) is 0. The molecule has 0 bridgehead atoms. The largest absolute Gasteiger partial charge is 0.356 e. The van der Waals surface area contributed by atoms with Crippen LogP contribution in [0, 0.1) is 0 Å². The minimum absolute atomic E-state index is 0.0491. The molecule has 0 fully saturated rings. The molecular formula is C12H25N3O2. The maximum absolute atomic E-state index is 11.2. The van der Waals surface area contributed by atoms with E-state index < -0.39 is 0 Å². The van der Waals surface area contributed by atoms with Crippen molar-refractivity contribution < 1.29 is 9.59 Å². The Morgan fingerprint density at radius 3 is 2.06 bits per heavy atom. The highest BCUT2D eigenvalue weighted by atomic mass is 16.2. The van der Waals surface area contributed by atoms with Gasteiger partial charge >= 0.3 is 0 Å². The van der Waals surface area contributed by atoms with Crippen molar-refractivity contribution in [1.82, 2.24) is 10.6 Å². The maximum Gasteiger partial charge on any atom is 0.233 e. The number of carbonyl (C=O) groups is 2. The van der Waals surface area contributed by atoms with Crippen LogP contribution in [-0.4, -0.2) is 31.4 Å². The minimum Gasteiger partial charge on any atom is -0.356 e. The van der Waals surface area contributed by atoms with Crippen LogP contribution in [0.15, 0.2) is 0 Å². The van der Waals surface area contributed by atoms with Crippen molar-refractivity contribution in [2.45, 2.75) is 45.4 Å². The smallest absolute Gasteiger partial charge is 0.233 e. The zero-order valence-corrected chi connectivity index (χ0v) is 10.8. The summed E-state index contributed by atoms with van der Waals surface area (Å²) in [6.45, 7) is 3.52. The van der Waals surface area contributed by atoms with Crippen molar-refractivity contribution in [3.05, 3.63) is 0 Å². The second kappa shape index (κ2) is 11.4. The van der Waals surface area contributed by atoms with Gasteiger partial charge in [-0.05, 0) is 25.7 Å². The standard InChI is InChI=1S/C12H25N3O2/c1-2-3-7-11(16)14-8-5-4-6-9-15-12(17)10-13/h2-10,13H2,1H3,(H,14,16)(H,15,17). The molecule has 0 atom stereocenters. The van der Waals surface area contributed by atoms with Crippen molar-refractivity contribution >= 4 is 11.8 Å². The molecule has 0 aromatic heterocycles. The van der Waals surface area contributed by atoms with Crippen LogP contribution in [0.4, 0.5) is 0 Å². The van der Waals surface area contributed by atoms with Crippen molar-refractivity contribution in [2.24, 2.45) is 5.73 Å². The van der Waals surface area contributed by atoms with E-state index in [2.05, 4.69) is 17.6 Å². The number of unbranched alkanes of at least 4 members (excludes halogenated alkanes) is 3. The van der Waals surface area contributed by atoms with Crippen molar-refractivity contribution in [3.8, 4) is 0 Å². The van der Waals surface area contributed by atoms with Gasteiger partial charge in [-0.15, -0.1) is 0 Å². The lowest BCUT2D eigenvalue weighted by atomic mass is 10.2. The normalized spacial score (nSPS) is 10.0. The summed E-state index contributed by atoms with van der Waals surface area (Å²) in [4.78, 5) is 22.0. The van der Waals surface area contributed by atoms with Gasteiger partial charge in [0.1, 0.15) is 0 Å². The van der Waals surface area contributed by atoms with Gasteiger partial charge in [0.25, 0.3) is 0 Å². The second-order valence-corrected chi connectivity index (χ2v) is 4.07. The average Bonchev–Trinajstić information content (AvgIpc) is 2.34. The highest BCUT2D eigenvalue weighted by Crippen LogP contribution is 1.95. The minimum atomic E-state index is -0.113. The van der Waals surface area contributed by atoms with Crippen molar-refractivity contribution in [1.29, 1.82) is 0 Å². The Bertz CT molecular complexity index is 220. The van der Waals surface area contributed by atoms with Gasteiger partial charge in [0.2, 0.25) is 11.8 Å². The number of carbonyl (C=O) groups excluding carboxylic acids is 2. The molecule has 0 aliphatic heterocycles. The molecule has 4 N–H and O–H groups in total. The monoisotopic (exact) mass is 243 g/mol. The third kappa shape index (κ3) is 11.2. The molecule has 17 heavy (non-hydrogen) atoms. The Morgan fingerprint density at radius 2 is 1.53 bits per heavy atom. The predicted octanol–water partition coefficient (Wildman–Crippen LogP) is 0.538. The molecule has 0 spiro atoms. The summed E-state index contributed by atoms with van der Waals surface area (Å²) in [5.74, 6) is 0.0288. The van der Waals surface area contributed by atoms with E-state index in [0.717, 1.165) is 38.6 Å². The van der Waals surface area contributed by atoms with Gasteiger partial charge in [-0.1, -0.05) is 13.3 Å². The Balaban J connectivity index is 3.18. The quantitative estimate of drug-likeness (QED) is 0.490. The van der Waals surface area contributed by atoms with E-state index in [1.165, 1.54) is 0 Å². The molecule has 0 unspecified atom stereocenters. The van der Waals surface area contributed by atoms with Crippen LogP contribution in [0.3, 0.4) is 0 Å². The fourth-order valence-electron chi connectivity index (χ4n) is 1.38. The van der Waals surface area contributed by atoms with Crippen LogP contribution in [0.25, 0.3) is 0 Å². The van der Waals surface area contributed by atoms with Gasteiger partial charge in [0.15, 0.2) is 0 Å². The topological polar surface area (TPSA) is 84.2 Å². The van der Waals surface area contributed by atoms with E-state index in [-0.39, 0.29) is 18.4 Å². The molecule has 5 nitrogen and oxygen atoms in total. The number of rotatable bonds is 10. The van der Waals surface area contributed by atoms with Crippen molar-refractivity contribution in [2.75, 3.05) is 19.6 Å². The van der Waals surface area contributed by atoms with Gasteiger partial charge in [-0.3, -0.25) is 9.59 Å². The number of nitrogens with one attached hydrogen (secondary N) is 2. The molecular weight excluding hydrogens is 218 g/mol. The zero-order chi connectivity index (χ0) is 12.9. The van der Waals surface area contributed by atoms with Gasteiger partial charge in [0.05, 0.1) is 6.54 Å². The highest BCUT2D eigenvalue weighted by Gasteiger charge is 1.99. The summed E-state index contributed by atoms with van der Waals surface area (Å²) in [6.07, 6.45) is 5.51. The Morgan fingerprint density at radius 1 is 0.941 bits per heavy atom. The molecule has 0 saturated carbocycles. The molecule has 0 aromatic carbocycles. The Labute approximate surface area is 104 Å². The number of hydrogen-bond donors (Lipinski definition) is 3. The first-order chi connectivity index (χ1) is 8.20. The van der Waals surface area contributed by atoms with E-state index in [1.807, 2.05) is 0 Å². The molecule has 0 aliphatic carbocycles. The summed E-state index contributed by atoms with van der Waals surface area (Å²) in [5.41, 5.74) is 5.15. The first kappa shape index (κ1) is 15.9. The summed E-state index contributed by atoms with van der Waals surface area (Å²) < 4.78 is 0. The van der Waals surface area contributed by atoms with Crippen LogP contribution in [0.5, 0.6) is 0 Å². The number of amides is 2. The molecule has 0 heterocycles. The van der Waals surface area contributed by atoms with Crippen LogP contribution >= 0.6 is 0 Å². The van der Waals surface area contributed by atoms with E-state index >= 15 is 0 Å². The van der Waals surface area contributed by atoms with Gasteiger partial charge in [-0.25, -0.2) is 0 Å². The van der Waals surface area contributed by atoms with Crippen molar-refractivity contribution in [3.63, 3.8) is 0 Å². The molecule has 0 aliphatic rings. The molecule has 0 saturated heterocycles. The molecule has 0 radical (unpaired) electrons.